The highest BCUT2D eigenvalue weighted by atomic mass is 19.1. The zero-order valence-corrected chi connectivity index (χ0v) is 23.5. The van der Waals surface area contributed by atoms with E-state index in [0.29, 0.717) is 37.1 Å². The fourth-order valence-corrected chi connectivity index (χ4v) is 7.61. The number of benzene rings is 2. The Morgan fingerprint density at radius 1 is 1.23 bits per heavy atom. The lowest BCUT2D eigenvalue weighted by Crippen LogP contribution is -2.48. The maximum Gasteiger partial charge on any atom is 0.319 e. The molecule has 6 heterocycles. The van der Waals surface area contributed by atoms with Crippen molar-refractivity contribution in [3.05, 3.63) is 47.7 Å². The number of piperazine rings is 1. The van der Waals surface area contributed by atoms with Crippen molar-refractivity contribution in [2.45, 2.75) is 49.5 Å². The largest absolute Gasteiger partial charge is 0.508 e. The predicted molar refractivity (Wildman–Crippen MR) is 156 cm³/mol. The van der Waals surface area contributed by atoms with Gasteiger partial charge >= 0.3 is 6.01 Å². The summed E-state index contributed by atoms with van der Waals surface area (Å²) in [5.41, 5.74) is -0.803. The number of terminal acetylenes is 1. The number of phenols is 1. The molecule has 0 radical (unpaired) electrons. The van der Waals surface area contributed by atoms with Crippen LogP contribution in [0.25, 0.3) is 32.9 Å². The van der Waals surface area contributed by atoms with E-state index in [4.69, 9.17) is 11.2 Å². The number of anilines is 1. The molecule has 1 amide bonds. The highest BCUT2D eigenvalue weighted by molar-refractivity contribution is 6.03. The van der Waals surface area contributed by atoms with Gasteiger partial charge in [0.2, 0.25) is 5.91 Å². The summed E-state index contributed by atoms with van der Waals surface area (Å²) in [6.45, 7) is 1.73. The summed E-state index contributed by atoms with van der Waals surface area (Å²) in [5.74, 6) is 0.793. The third-order valence-corrected chi connectivity index (χ3v) is 9.55. The Bertz CT molecular complexity index is 1930. The topological polar surface area (TPSA) is 104 Å². The maximum absolute atomic E-state index is 16.7. The third-order valence-electron chi connectivity index (χ3n) is 9.55. The summed E-state index contributed by atoms with van der Waals surface area (Å²) in [6.07, 6.45) is 8.71. The number of carbonyl (C=O) groups is 1. The molecule has 2 N–H and O–H groups in total. The van der Waals surface area contributed by atoms with Crippen LogP contribution in [-0.2, 0) is 4.79 Å². The van der Waals surface area contributed by atoms with Crippen LogP contribution in [0.1, 0.15) is 31.2 Å². The van der Waals surface area contributed by atoms with Crippen LogP contribution in [0, 0.1) is 24.0 Å². The van der Waals surface area contributed by atoms with Crippen LogP contribution in [0.5, 0.6) is 11.8 Å². The van der Waals surface area contributed by atoms with Gasteiger partial charge in [-0.25, -0.2) is 13.2 Å². The maximum atomic E-state index is 16.7. The normalized spacial score (nSPS) is 26.0. The number of rotatable bonds is 5. The van der Waals surface area contributed by atoms with E-state index in [1.54, 1.807) is 0 Å². The van der Waals surface area contributed by atoms with Gasteiger partial charge in [0.15, 0.2) is 5.82 Å². The second-order valence-corrected chi connectivity index (χ2v) is 12.1. The van der Waals surface area contributed by atoms with Crippen LogP contribution < -0.4 is 15.0 Å². The molecule has 9 nitrogen and oxygen atoms in total. The molecule has 4 saturated heterocycles. The van der Waals surface area contributed by atoms with E-state index in [1.165, 1.54) is 30.5 Å². The molecule has 0 spiro atoms. The molecule has 4 aromatic rings. The molecule has 2 bridgehead atoms. The number of halogens is 3. The van der Waals surface area contributed by atoms with E-state index in [2.05, 4.69) is 31.1 Å². The number of carbonyl (C=O) groups excluding carboxylic acids is 1. The molecule has 8 rings (SSSR count). The first-order chi connectivity index (χ1) is 21.2. The first-order valence-electron chi connectivity index (χ1n) is 14.6. The number of hydrogen-bond donors (Lipinski definition) is 2. The number of nitrogens with one attached hydrogen (secondary N) is 1. The molecule has 12 heteroatoms. The van der Waals surface area contributed by atoms with E-state index in [9.17, 15) is 18.7 Å². The number of aromatic hydroxyl groups is 1. The third kappa shape index (κ3) is 3.99. The lowest BCUT2D eigenvalue weighted by atomic mass is 9.95. The van der Waals surface area contributed by atoms with Crippen LogP contribution in [0.3, 0.4) is 0 Å². The summed E-state index contributed by atoms with van der Waals surface area (Å²) in [7, 11) is 0. The Hall–Kier alpha value is -4.63. The molecule has 0 saturated carbocycles. The second-order valence-electron chi connectivity index (χ2n) is 12.1. The van der Waals surface area contributed by atoms with Gasteiger partial charge in [0.1, 0.15) is 47.4 Å². The average Bonchev–Trinajstić information content (AvgIpc) is 3.75. The van der Waals surface area contributed by atoms with Gasteiger partial charge in [0.05, 0.1) is 16.5 Å². The Kier molecular flexibility index (Phi) is 5.94. The van der Waals surface area contributed by atoms with Crippen molar-refractivity contribution in [1.29, 1.82) is 0 Å². The van der Waals surface area contributed by atoms with Crippen LogP contribution >= 0.6 is 0 Å². The number of fused-ring (bicyclic) bond motifs is 5. The molecular formula is C32H27F3N6O3. The summed E-state index contributed by atoms with van der Waals surface area (Å²) in [6, 6.07) is 4.67. The molecular weight excluding hydrogens is 573 g/mol. The SMILES string of the molecule is C#Cc1c(F)ccc2cc(O)cc(-c3ncc4c(N5C[C@@H]6C[C@H]5C(=O)N6)nc(OC[C@@]56CCCN5CC(F)C6)nc4c3F)c12. The minimum Gasteiger partial charge on any atom is -0.508 e. The van der Waals surface area contributed by atoms with Crippen molar-refractivity contribution < 1.29 is 27.8 Å². The highest BCUT2D eigenvalue weighted by Gasteiger charge is 2.50. The van der Waals surface area contributed by atoms with Gasteiger partial charge in [0.25, 0.3) is 0 Å². The fraction of sp³-hybridized carbons (Fsp3) is 0.375. The second kappa shape index (κ2) is 9.69. The zero-order chi connectivity index (χ0) is 30.3. The lowest BCUT2D eigenvalue weighted by molar-refractivity contribution is -0.121. The molecule has 4 aliphatic rings. The van der Waals surface area contributed by atoms with Crippen LogP contribution in [0.2, 0.25) is 0 Å². The van der Waals surface area contributed by atoms with Crippen molar-refractivity contribution in [1.82, 2.24) is 25.2 Å². The van der Waals surface area contributed by atoms with Crippen LogP contribution in [-0.4, -0.2) is 80.9 Å². The molecule has 4 atom stereocenters. The van der Waals surface area contributed by atoms with Gasteiger partial charge in [0, 0.05) is 42.7 Å². The van der Waals surface area contributed by atoms with Crippen molar-refractivity contribution in [3.63, 3.8) is 0 Å². The number of phenolic OH excluding ortho intramolecular Hbond substituents is 1. The first-order valence-corrected chi connectivity index (χ1v) is 14.6. The van der Waals surface area contributed by atoms with E-state index in [0.717, 1.165) is 19.4 Å². The number of hydrogen-bond acceptors (Lipinski definition) is 8. The van der Waals surface area contributed by atoms with Gasteiger partial charge < -0.3 is 20.1 Å². The van der Waals surface area contributed by atoms with E-state index in [-0.39, 0.29) is 63.4 Å². The van der Waals surface area contributed by atoms with Crippen molar-refractivity contribution in [3.8, 4) is 35.4 Å². The number of pyridine rings is 1. The minimum absolute atomic E-state index is 0.0689. The van der Waals surface area contributed by atoms with Gasteiger partial charge in [-0.3, -0.25) is 14.7 Å². The Morgan fingerprint density at radius 3 is 2.89 bits per heavy atom. The number of aromatic nitrogens is 3. The zero-order valence-electron chi connectivity index (χ0n) is 23.5. The number of nitrogens with zero attached hydrogens (tertiary/aromatic N) is 5. The summed E-state index contributed by atoms with van der Waals surface area (Å²) >= 11 is 0. The van der Waals surface area contributed by atoms with Crippen molar-refractivity contribution in [2.75, 3.05) is 31.1 Å². The molecule has 0 aliphatic carbocycles. The lowest BCUT2D eigenvalue weighted by Gasteiger charge is -2.31. The molecule has 1 unspecified atom stereocenters. The molecule has 44 heavy (non-hydrogen) atoms. The number of ether oxygens (including phenoxy) is 1. The smallest absolute Gasteiger partial charge is 0.319 e. The van der Waals surface area contributed by atoms with Gasteiger partial charge in [-0.1, -0.05) is 12.0 Å². The number of alkyl halides is 1. The standard InChI is InChI=1S/C32H27F3N6O3/c1-2-20-23(34)5-4-16-8-19(42)10-21(25(16)20)27-26(35)28-22(12-36-27)29(41-14-18-9-24(41)30(43)37-18)39-31(38-28)44-15-32-6-3-7-40(32)13-17(33)11-32/h1,4-5,8,10,12,17-18,24,42H,3,6-7,9,11,13-15H2,(H,37,43)/t17?,18-,24-,32-/m0/s1. The average molecular weight is 601 g/mol. The first kappa shape index (κ1) is 27.0. The minimum atomic E-state index is -0.952. The molecule has 2 aromatic carbocycles. The van der Waals surface area contributed by atoms with E-state index >= 15 is 4.39 Å². The molecule has 2 aromatic heterocycles. The fourth-order valence-electron chi connectivity index (χ4n) is 7.61. The van der Waals surface area contributed by atoms with Crippen molar-refractivity contribution >= 4 is 33.4 Å². The van der Waals surface area contributed by atoms with Crippen LogP contribution in [0.4, 0.5) is 19.0 Å². The Balaban J connectivity index is 1.29. The number of amides is 1. The molecule has 4 aliphatic heterocycles. The summed E-state index contributed by atoms with van der Waals surface area (Å²) < 4.78 is 52.0. The van der Waals surface area contributed by atoms with Gasteiger partial charge in [-0.2, -0.15) is 9.97 Å². The quantitative estimate of drug-likeness (QED) is 0.333. The van der Waals surface area contributed by atoms with E-state index < -0.39 is 29.4 Å². The Morgan fingerprint density at radius 2 is 2.09 bits per heavy atom. The van der Waals surface area contributed by atoms with E-state index in [1.807, 2.05) is 4.90 Å². The Labute approximate surface area is 250 Å². The summed E-state index contributed by atoms with van der Waals surface area (Å²) in [4.78, 5) is 30.0. The molecule has 4 fully saturated rings. The van der Waals surface area contributed by atoms with Crippen molar-refractivity contribution in [2.24, 2.45) is 0 Å². The van der Waals surface area contributed by atoms with Gasteiger partial charge in [-0.15, -0.1) is 6.42 Å². The van der Waals surface area contributed by atoms with Crippen LogP contribution in [0.15, 0.2) is 30.5 Å². The highest BCUT2D eigenvalue weighted by Crippen LogP contribution is 2.42. The summed E-state index contributed by atoms with van der Waals surface area (Å²) in [5, 5.41) is 14.3. The monoisotopic (exact) mass is 600 g/mol. The predicted octanol–water partition coefficient (Wildman–Crippen LogP) is 3.84. The van der Waals surface area contributed by atoms with Gasteiger partial charge in [-0.05, 0) is 49.4 Å². The molecule has 224 valence electrons.